The minimum absolute atomic E-state index is 0.147. The third kappa shape index (κ3) is 5.64. The van der Waals surface area contributed by atoms with Gasteiger partial charge in [-0.05, 0) is 30.2 Å². The van der Waals surface area contributed by atoms with Gasteiger partial charge in [-0.3, -0.25) is 0 Å². The smallest absolute Gasteiger partial charge is 0.314 e. The number of urea groups is 1. The van der Waals surface area contributed by atoms with Crippen LogP contribution in [-0.4, -0.2) is 24.2 Å². The molecule has 2 aromatic rings. The number of aliphatic hydroxyl groups excluding tert-OH is 1. The molecule has 1 unspecified atom stereocenters. The quantitative estimate of drug-likeness (QED) is 0.736. The SMILES string of the molecule is CCNC(=O)NCC(O)c1cccc(OCc2ccccc2)c1. The Labute approximate surface area is 136 Å². The number of hydrogen-bond donors (Lipinski definition) is 3. The van der Waals surface area contributed by atoms with Gasteiger partial charge in [-0.1, -0.05) is 42.5 Å². The maximum absolute atomic E-state index is 11.3. The molecule has 1 atom stereocenters. The number of aliphatic hydroxyl groups is 1. The predicted octanol–water partition coefficient (Wildman–Crippen LogP) is 2.62. The van der Waals surface area contributed by atoms with E-state index in [0.29, 0.717) is 24.5 Å². The van der Waals surface area contributed by atoms with Gasteiger partial charge >= 0.3 is 6.03 Å². The Bertz CT molecular complexity index is 617. The highest BCUT2D eigenvalue weighted by Gasteiger charge is 2.10. The van der Waals surface area contributed by atoms with Crippen molar-refractivity contribution >= 4 is 6.03 Å². The van der Waals surface area contributed by atoms with Crippen molar-refractivity contribution in [2.24, 2.45) is 0 Å². The lowest BCUT2D eigenvalue weighted by Gasteiger charge is -2.14. The van der Waals surface area contributed by atoms with Crippen LogP contribution in [0.25, 0.3) is 0 Å². The maximum atomic E-state index is 11.3. The van der Waals surface area contributed by atoms with E-state index in [1.54, 1.807) is 12.1 Å². The van der Waals surface area contributed by atoms with Gasteiger partial charge in [0.25, 0.3) is 0 Å². The molecular weight excluding hydrogens is 292 g/mol. The van der Waals surface area contributed by atoms with Crippen LogP contribution >= 0.6 is 0 Å². The first kappa shape index (κ1) is 16.8. The molecule has 0 bridgehead atoms. The van der Waals surface area contributed by atoms with Crippen LogP contribution in [0.5, 0.6) is 5.75 Å². The van der Waals surface area contributed by atoms with Crippen LogP contribution in [0.2, 0.25) is 0 Å². The maximum Gasteiger partial charge on any atom is 0.314 e. The van der Waals surface area contributed by atoms with Gasteiger partial charge in [-0.15, -0.1) is 0 Å². The van der Waals surface area contributed by atoms with Crippen LogP contribution in [0.4, 0.5) is 4.79 Å². The fourth-order valence-corrected chi connectivity index (χ4v) is 2.08. The van der Waals surface area contributed by atoms with Gasteiger partial charge in [0.15, 0.2) is 0 Å². The molecule has 2 aromatic carbocycles. The number of amides is 2. The van der Waals surface area contributed by atoms with Gasteiger partial charge in [-0.25, -0.2) is 4.79 Å². The number of carbonyl (C=O) groups excluding carboxylic acids is 1. The molecule has 0 aromatic heterocycles. The normalized spacial score (nSPS) is 11.6. The zero-order chi connectivity index (χ0) is 16.5. The van der Waals surface area contributed by atoms with Crippen molar-refractivity contribution in [2.45, 2.75) is 19.6 Å². The van der Waals surface area contributed by atoms with Crippen LogP contribution in [0.3, 0.4) is 0 Å². The van der Waals surface area contributed by atoms with E-state index in [2.05, 4.69) is 10.6 Å². The van der Waals surface area contributed by atoms with Crippen molar-refractivity contribution in [1.29, 1.82) is 0 Å². The summed E-state index contributed by atoms with van der Waals surface area (Å²) in [5, 5.41) is 15.4. The van der Waals surface area contributed by atoms with Crippen molar-refractivity contribution in [3.8, 4) is 5.75 Å². The van der Waals surface area contributed by atoms with Gasteiger partial charge in [0.2, 0.25) is 0 Å². The summed E-state index contributed by atoms with van der Waals surface area (Å²) in [6.45, 7) is 3.00. The van der Waals surface area contributed by atoms with Crippen LogP contribution in [0.1, 0.15) is 24.2 Å². The Hall–Kier alpha value is -2.53. The van der Waals surface area contributed by atoms with E-state index in [9.17, 15) is 9.90 Å². The third-order valence-corrected chi connectivity index (χ3v) is 3.28. The number of hydrogen-bond acceptors (Lipinski definition) is 3. The second-order valence-electron chi connectivity index (χ2n) is 5.10. The zero-order valence-electron chi connectivity index (χ0n) is 13.2. The molecule has 0 heterocycles. The molecule has 5 heteroatoms. The van der Waals surface area contributed by atoms with E-state index in [1.807, 2.05) is 49.4 Å². The molecule has 5 nitrogen and oxygen atoms in total. The summed E-state index contributed by atoms with van der Waals surface area (Å²) in [6.07, 6.45) is -0.780. The second kappa shape index (κ2) is 8.80. The number of ether oxygens (including phenoxy) is 1. The van der Waals surface area contributed by atoms with Crippen molar-refractivity contribution < 1.29 is 14.6 Å². The Morgan fingerprint density at radius 3 is 2.65 bits per heavy atom. The average Bonchev–Trinajstić information content (AvgIpc) is 2.59. The molecule has 0 aliphatic rings. The summed E-state index contributed by atoms with van der Waals surface area (Å²) >= 11 is 0. The van der Waals surface area contributed by atoms with Crippen molar-refractivity contribution in [3.05, 3.63) is 65.7 Å². The highest BCUT2D eigenvalue weighted by atomic mass is 16.5. The standard InChI is InChI=1S/C18H22N2O3/c1-2-19-18(22)20-12-17(21)15-9-6-10-16(11-15)23-13-14-7-4-3-5-8-14/h3-11,17,21H,2,12-13H2,1H3,(H2,19,20,22). The molecule has 0 spiro atoms. The summed E-state index contributed by atoms with van der Waals surface area (Å²) < 4.78 is 5.74. The topological polar surface area (TPSA) is 70.6 Å². The minimum Gasteiger partial charge on any atom is -0.489 e. The molecule has 122 valence electrons. The van der Waals surface area contributed by atoms with Gasteiger partial charge in [0.1, 0.15) is 12.4 Å². The van der Waals surface area contributed by atoms with E-state index in [0.717, 1.165) is 5.56 Å². The molecule has 0 radical (unpaired) electrons. The van der Waals surface area contributed by atoms with Crippen molar-refractivity contribution in [1.82, 2.24) is 10.6 Å². The van der Waals surface area contributed by atoms with Crippen LogP contribution < -0.4 is 15.4 Å². The van der Waals surface area contributed by atoms with Crippen LogP contribution in [0, 0.1) is 0 Å². The molecule has 23 heavy (non-hydrogen) atoms. The van der Waals surface area contributed by atoms with Gasteiger partial charge in [-0.2, -0.15) is 0 Å². The highest BCUT2D eigenvalue weighted by molar-refractivity contribution is 5.73. The lowest BCUT2D eigenvalue weighted by molar-refractivity contribution is 0.172. The summed E-state index contributed by atoms with van der Waals surface area (Å²) in [4.78, 5) is 11.3. The first-order valence-corrected chi connectivity index (χ1v) is 7.65. The molecular formula is C18H22N2O3. The second-order valence-corrected chi connectivity index (χ2v) is 5.10. The molecule has 0 aliphatic carbocycles. The molecule has 3 N–H and O–H groups in total. The van der Waals surface area contributed by atoms with E-state index in [1.165, 1.54) is 0 Å². The zero-order valence-corrected chi connectivity index (χ0v) is 13.2. The molecule has 2 amide bonds. The molecule has 0 saturated carbocycles. The van der Waals surface area contributed by atoms with Crippen LogP contribution in [0.15, 0.2) is 54.6 Å². The molecule has 0 fully saturated rings. The van der Waals surface area contributed by atoms with Crippen molar-refractivity contribution in [3.63, 3.8) is 0 Å². The fourth-order valence-electron chi connectivity index (χ4n) is 2.08. The predicted molar refractivity (Wildman–Crippen MR) is 89.3 cm³/mol. The Morgan fingerprint density at radius 1 is 1.13 bits per heavy atom. The number of carbonyl (C=O) groups is 1. The average molecular weight is 314 g/mol. The summed E-state index contributed by atoms with van der Waals surface area (Å²) in [5.41, 5.74) is 1.78. The largest absolute Gasteiger partial charge is 0.489 e. The summed E-state index contributed by atoms with van der Waals surface area (Å²) in [7, 11) is 0. The number of nitrogens with one attached hydrogen (secondary N) is 2. The minimum atomic E-state index is -0.780. The Kier molecular flexibility index (Phi) is 6.44. The van der Waals surface area contributed by atoms with Crippen LogP contribution in [-0.2, 0) is 6.61 Å². The van der Waals surface area contributed by atoms with Gasteiger partial charge in [0, 0.05) is 13.1 Å². The molecule has 0 saturated heterocycles. The fraction of sp³-hybridized carbons (Fsp3) is 0.278. The highest BCUT2D eigenvalue weighted by Crippen LogP contribution is 2.20. The van der Waals surface area contributed by atoms with E-state index < -0.39 is 6.10 Å². The number of benzene rings is 2. The monoisotopic (exact) mass is 314 g/mol. The van der Waals surface area contributed by atoms with Crippen molar-refractivity contribution in [2.75, 3.05) is 13.1 Å². The molecule has 0 aliphatic heterocycles. The molecule has 2 rings (SSSR count). The lowest BCUT2D eigenvalue weighted by atomic mass is 10.1. The van der Waals surface area contributed by atoms with Gasteiger partial charge in [0.05, 0.1) is 6.10 Å². The Morgan fingerprint density at radius 2 is 1.91 bits per heavy atom. The Balaban J connectivity index is 1.89. The van der Waals surface area contributed by atoms with E-state index in [-0.39, 0.29) is 12.6 Å². The first-order valence-electron chi connectivity index (χ1n) is 7.65. The number of rotatable bonds is 7. The first-order chi connectivity index (χ1) is 11.2. The summed E-state index contributed by atoms with van der Waals surface area (Å²) in [6, 6.07) is 16.8. The lowest BCUT2D eigenvalue weighted by Crippen LogP contribution is -2.37. The van der Waals surface area contributed by atoms with E-state index >= 15 is 0 Å². The summed E-state index contributed by atoms with van der Waals surface area (Å²) in [5.74, 6) is 0.684. The van der Waals surface area contributed by atoms with E-state index in [4.69, 9.17) is 4.74 Å². The van der Waals surface area contributed by atoms with Gasteiger partial charge < -0.3 is 20.5 Å². The third-order valence-electron chi connectivity index (χ3n) is 3.28.